The van der Waals surface area contributed by atoms with Crippen LogP contribution in [0, 0.1) is 19.3 Å². The predicted molar refractivity (Wildman–Crippen MR) is 82.1 cm³/mol. The average molecular weight is 276 g/mol. The smallest absolute Gasteiger partial charge is 0.277 e. The Bertz CT molecular complexity index is 514. The molecular weight excluding hydrogens is 252 g/mol. The largest absolute Gasteiger partial charge is 0.483 e. The molecule has 0 heterocycles. The number of nitrogens with one attached hydrogen (secondary N) is 1. The summed E-state index contributed by atoms with van der Waals surface area (Å²) in [4.78, 5) is 11.7. The second kappa shape index (κ2) is 6.55. The molecule has 0 saturated carbocycles. The van der Waals surface area contributed by atoms with E-state index in [1.807, 2.05) is 59.7 Å². The number of ether oxygens (including phenoxy) is 1. The van der Waals surface area contributed by atoms with E-state index in [0.29, 0.717) is 0 Å². The maximum Gasteiger partial charge on any atom is 0.277 e. The number of carbonyl (C=O) groups is 1. The van der Waals surface area contributed by atoms with Crippen molar-refractivity contribution >= 4 is 11.6 Å². The molecule has 110 valence electrons. The van der Waals surface area contributed by atoms with E-state index in [0.717, 1.165) is 22.6 Å². The topological polar surface area (TPSA) is 50.7 Å². The van der Waals surface area contributed by atoms with Gasteiger partial charge in [0, 0.05) is 11.1 Å². The molecule has 4 heteroatoms. The zero-order valence-corrected chi connectivity index (χ0v) is 13.2. The Labute approximate surface area is 121 Å². The molecule has 1 rings (SSSR count). The summed E-state index contributed by atoms with van der Waals surface area (Å²) in [5.74, 6) is 0.478. The van der Waals surface area contributed by atoms with Crippen LogP contribution in [0.5, 0.6) is 5.75 Å². The lowest BCUT2D eigenvalue weighted by Crippen LogP contribution is -2.28. The first-order chi connectivity index (χ1) is 9.21. The standard InChI is InChI=1S/C16H24N2O2/c1-11-8-7-9-14(12(11)2)20-10-15(19)18-17-13(3)16(4,5)6/h7-9H,10H2,1-6H3,(H,18,19)/b17-13+. The first kappa shape index (κ1) is 16.2. The van der Waals surface area contributed by atoms with Gasteiger partial charge in [0.15, 0.2) is 6.61 Å². The highest BCUT2D eigenvalue weighted by Crippen LogP contribution is 2.20. The van der Waals surface area contributed by atoms with Gasteiger partial charge in [-0.25, -0.2) is 5.43 Å². The number of nitrogens with zero attached hydrogens (tertiary/aromatic N) is 1. The average Bonchev–Trinajstić information content (AvgIpc) is 2.36. The third kappa shape index (κ3) is 4.68. The summed E-state index contributed by atoms with van der Waals surface area (Å²) in [5, 5.41) is 4.08. The van der Waals surface area contributed by atoms with Crippen LogP contribution in [-0.2, 0) is 4.79 Å². The fourth-order valence-electron chi connectivity index (χ4n) is 1.37. The molecule has 0 radical (unpaired) electrons. The normalized spacial score (nSPS) is 12.2. The molecule has 1 N–H and O–H groups in total. The minimum atomic E-state index is -0.255. The molecule has 0 spiro atoms. The second-order valence-corrected chi connectivity index (χ2v) is 5.97. The first-order valence-corrected chi connectivity index (χ1v) is 6.74. The Morgan fingerprint density at radius 2 is 1.95 bits per heavy atom. The first-order valence-electron chi connectivity index (χ1n) is 6.74. The molecule has 20 heavy (non-hydrogen) atoms. The lowest BCUT2D eigenvalue weighted by atomic mass is 9.91. The Morgan fingerprint density at radius 3 is 2.55 bits per heavy atom. The monoisotopic (exact) mass is 276 g/mol. The van der Waals surface area contributed by atoms with Crippen LogP contribution in [0.2, 0.25) is 0 Å². The maximum absolute atomic E-state index is 11.7. The quantitative estimate of drug-likeness (QED) is 0.678. The van der Waals surface area contributed by atoms with E-state index in [-0.39, 0.29) is 17.9 Å². The third-order valence-corrected chi connectivity index (χ3v) is 3.35. The lowest BCUT2D eigenvalue weighted by molar-refractivity contribution is -0.123. The summed E-state index contributed by atoms with van der Waals surface area (Å²) in [5.41, 5.74) is 5.53. The number of benzene rings is 1. The number of carbonyl (C=O) groups excluding carboxylic acids is 1. The molecule has 0 aliphatic rings. The maximum atomic E-state index is 11.7. The zero-order chi connectivity index (χ0) is 15.3. The van der Waals surface area contributed by atoms with Crippen molar-refractivity contribution in [2.24, 2.45) is 10.5 Å². The fraction of sp³-hybridized carbons (Fsp3) is 0.500. The van der Waals surface area contributed by atoms with Gasteiger partial charge in [0.1, 0.15) is 5.75 Å². The number of aryl methyl sites for hydroxylation is 1. The van der Waals surface area contributed by atoms with Crippen LogP contribution < -0.4 is 10.2 Å². The summed E-state index contributed by atoms with van der Waals surface area (Å²) in [6, 6.07) is 5.79. The van der Waals surface area contributed by atoms with Gasteiger partial charge < -0.3 is 4.74 Å². The van der Waals surface area contributed by atoms with Crippen molar-refractivity contribution in [3.8, 4) is 5.75 Å². The van der Waals surface area contributed by atoms with Crippen LogP contribution in [0.25, 0.3) is 0 Å². The molecule has 0 aromatic heterocycles. The van der Waals surface area contributed by atoms with Gasteiger partial charge in [-0.1, -0.05) is 32.9 Å². The van der Waals surface area contributed by atoms with Crippen LogP contribution in [0.1, 0.15) is 38.8 Å². The van der Waals surface area contributed by atoms with Gasteiger partial charge in [0.25, 0.3) is 5.91 Å². The Hall–Kier alpha value is -1.84. The Balaban J connectivity index is 2.55. The molecule has 0 fully saturated rings. The van der Waals surface area contributed by atoms with Crippen LogP contribution in [-0.4, -0.2) is 18.2 Å². The van der Waals surface area contributed by atoms with Gasteiger partial charge in [-0.15, -0.1) is 0 Å². The molecule has 1 amide bonds. The van der Waals surface area contributed by atoms with Gasteiger partial charge in [0.2, 0.25) is 0 Å². The van der Waals surface area contributed by atoms with Crippen molar-refractivity contribution < 1.29 is 9.53 Å². The van der Waals surface area contributed by atoms with Gasteiger partial charge in [-0.2, -0.15) is 5.10 Å². The number of hydrazone groups is 1. The summed E-state index contributed by atoms with van der Waals surface area (Å²) in [7, 11) is 0. The molecule has 1 aromatic carbocycles. The van der Waals surface area contributed by atoms with E-state index < -0.39 is 0 Å². The van der Waals surface area contributed by atoms with Gasteiger partial charge in [0.05, 0.1) is 0 Å². The molecule has 0 atom stereocenters. The fourth-order valence-corrected chi connectivity index (χ4v) is 1.37. The van der Waals surface area contributed by atoms with Crippen LogP contribution in [0.15, 0.2) is 23.3 Å². The lowest BCUT2D eigenvalue weighted by Gasteiger charge is -2.17. The molecule has 0 bridgehead atoms. The summed E-state index contributed by atoms with van der Waals surface area (Å²) in [6.07, 6.45) is 0. The van der Waals surface area contributed by atoms with E-state index in [1.165, 1.54) is 0 Å². The molecule has 0 saturated heterocycles. The van der Waals surface area contributed by atoms with Crippen molar-refractivity contribution in [3.05, 3.63) is 29.3 Å². The van der Waals surface area contributed by atoms with Crippen molar-refractivity contribution in [1.82, 2.24) is 5.43 Å². The van der Waals surface area contributed by atoms with Gasteiger partial charge in [-0.3, -0.25) is 4.79 Å². The highest BCUT2D eigenvalue weighted by atomic mass is 16.5. The number of hydrogen-bond donors (Lipinski definition) is 1. The van der Waals surface area contributed by atoms with Crippen LogP contribution >= 0.6 is 0 Å². The van der Waals surface area contributed by atoms with Gasteiger partial charge in [-0.05, 0) is 38.0 Å². The van der Waals surface area contributed by atoms with Crippen molar-refractivity contribution in [1.29, 1.82) is 0 Å². The zero-order valence-electron chi connectivity index (χ0n) is 13.2. The van der Waals surface area contributed by atoms with Crippen LogP contribution in [0.4, 0.5) is 0 Å². The van der Waals surface area contributed by atoms with E-state index in [2.05, 4.69) is 10.5 Å². The van der Waals surface area contributed by atoms with Crippen molar-refractivity contribution in [2.75, 3.05) is 6.61 Å². The molecule has 4 nitrogen and oxygen atoms in total. The van der Waals surface area contributed by atoms with Crippen molar-refractivity contribution in [2.45, 2.75) is 41.5 Å². The highest BCUT2D eigenvalue weighted by molar-refractivity contribution is 5.88. The van der Waals surface area contributed by atoms with E-state index in [9.17, 15) is 4.79 Å². The van der Waals surface area contributed by atoms with Gasteiger partial charge >= 0.3 is 0 Å². The number of amides is 1. The predicted octanol–water partition coefficient (Wildman–Crippen LogP) is 3.22. The Morgan fingerprint density at radius 1 is 1.30 bits per heavy atom. The number of hydrogen-bond acceptors (Lipinski definition) is 3. The highest BCUT2D eigenvalue weighted by Gasteiger charge is 2.14. The summed E-state index contributed by atoms with van der Waals surface area (Å²) in [6.45, 7) is 12.0. The second-order valence-electron chi connectivity index (χ2n) is 5.97. The van der Waals surface area contributed by atoms with Crippen LogP contribution in [0.3, 0.4) is 0 Å². The SMILES string of the molecule is C/C(=N\NC(=O)COc1cccc(C)c1C)C(C)(C)C. The third-order valence-electron chi connectivity index (χ3n) is 3.35. The number of rotatable bonds is 4. The molecule has 0 aliphatic heterocycles. The summed E-state index contributed by atoms with van der Waals surface area (Å²) < 4.78 is 5.52. The minimum absolute atomic E-state index is 0.0365. The molecule has 0 unspecified atom stereocenters. The van der Waals surface area contributed by atoms with Crippen molar-refractivity contribution in [3.63, 3.8) is 0 Å². The molecular formula is C16H24N2O2. The molecule has 0 aliphatic carbocycles. The Kier molecular flexibility index (Phi) is 5.31. The molecule has 1 aromatic rings. The van der Waals surface area contributed by atoms with E-state index in [4.69, 9.17) is 4.74 Å². The summed E-state index contributed by atoms with van der Waals surface area (Å²) >= 11 is 0. The van der Waals surface area contributed by atoms with E-state index >= 15 is 0 Å². The minimum Gasteiger partial charge on any atom is -0.483 e. The van der Waals surface area contributed by atoms with E-state index in [1.54, 1.807) is 0 Å².